The van der Waals surface area contributed by atoms with Crippen molar-refractivity contribution >= 4 is 11.6 Å². The van der Waals surface area contributed by atoms with Gasteiger partial charge in [0.2, 0.25) is 0 Å². The molecule has 31 heavy (non-hydrogen) atoms. The Kier molecular flexibility index (Phi) is 6.01. The molecule has 0 spiro atoms. The van der Waals surface area contributed by atoms with Gasteiger partial charge in [0.25, 0.3) is 5.91 Å². The van der Waals surface area contributed by atoms with Crippen LogP contribution in [0, 0.1) is 6.92 Å². The zero-order valence-corrected chi connectivity index (χ0v) is 18.6. The molecule has 1 heterocycles. The predicted molar refractivity (Wildman–Crippen MR) is 128 cm³/mol. The first kappa shape index (κ1) is 21.0. The number of amides is 1. The summed E-state index contributed by atoms with van der Waals surface area (Å²) in [7, 11) is 4.05. The second kappa shape index (κ2) is 8.86. The van der Waals surface area contributed by atoms with Crippen LogP contribution in [-0.2, 0) is 6.54 Å². The quantitative estimate of drug-likeness (QED) is 0.619. The van der Waals surface area contributed by atoms with Crippen LogP contribution in [0.25, 0.3) is 11.1 Å². The van der Waals surface area contributed by atoms with Crippen LogP contribution in [0.2, 0.25) is 0 Å². The van der Waals surface area contributed by atoms with Crippen LogP contribution in [0.3, 0.4) is 0 Å². The number of carbonyl (C=O) groups is 1. The van der Waals surface area contributed by atoms with Crippen molar-refractivity contribution < 1.29 is 4.79 Å². The normalized spacial score (nSPS) is 13.6. The minimum Gasteiger partial charge on any atom is -0.344 e. The summed E-state index contributed by atoms with van der Waals surface area (Å²) < 4.78 is 0. The van der Waals surface area contributed by atoms with Crippen LogP contribution < -0.4 is 5.32 Å². The zero-order valence-electron chi connectivity index (χ0n) is 18.6. The standard InChI is InChI=1S/C27H29N3O/c1-18-7-5-9-22(13-18)26(17-30(3)4)29-27(31)23-10-6-8-20(14-23)21-11-12-24-16-28-19(2)25(24)15-21/h5-15,26H,16-17H2,1-4H3,(H,29,31)/t26-/m1/s1. The largest absolute Gasteiger partial charge is 0.344 e. The van der Waals surface area contributed by atoms with Crippen LogP contribution in [0.4, 0.5) is 0 Å². The number of benzene rings is 3. The van der Waals surface area contributed by atoms with Gasteiger partial charge in [-0.05, 0) is 68.4 Å². The third-order valence-electron chi connectivity index (χ3n) is 5.74. The van der Waals surface area contributed by atoms with Gasteiger partial charge in [-0.25, -0.2) is 0 Å². The molecule has 4 nitrogen and oxygen atoms in total. The molecule has 0 aliphatic carbocycles. The molecule has 158 valence electrons. The molecule has 1 amide bonds. The number of carbonyl (C=O) groups excluding carboxylic acids is 1. The van der Waals surface area contributed by atoms with Crippen LogP contribution in [0.5, 0.6) is 0 Å². The number of nitrogens with zero attached hydrogens (tertiary/aromatic N) is 2. The second-order valence-corrected chi connectivity index (χ2v) is 8.56. The van der Waals surface area contributed by atoms with Gasteiger partial charge < -0.3 is 10.2 Å². The van der Waals surface area contributed by atoms with E-state index in [2.05, 4.69) is 71.5 Å². The van der Waals surface area contributed by atoms with Gasteiger partial charge in [0.05, 0.1) is 12.6 Å². The first-order valence-electron chi connectivity index (χ1n) is 10.7. The van der Waals surface area contributed by atoms with E-state index in [-0.39, 0.29) is 11.9 Å². The van der Waals surface area contributed by atoms with Crippen LogP contribution >= 0.6 is 0 Å². The Bertz CT molecular complexity index is 1150. The maximum atomic E-state index is 13.2. The van der Waals surface area contributed by atoms with Gasteiger partial charge >= 0.3 is 0 Å². The molecule has 0 unspecified atom stereocenters. The van der Waals surface area contributed by atoms with E-state index >= 15 is 0 Å². The lowest BCUT2D eigenvalue weighted by molar-refractivity contribution is 0.0930. The molecule has 1 N–H and O–H groups in total. The van der Waals surface area contributed by atoms with E-state index in [1.807, 2.05) is 38.4 Å². The van der Waals surface area contributed by atoms with E-state index < -0.39 is 0 Å². The fourth-order valence-corrected chi connectivity index (χ4v) is 4.09. The third kappa shape index (κ3) is 4.75. The van der Waals surface area contributed by atoms with Gasteiger partial charge in [0.1, 0.15) is 0 Å². The zero-order chi connectivity index (χ0) is 22.0. The Morgan fingerprint density at radius 3 is 2.55 bits per heavy atom. The molecule has 0 aromatic heterocycles. The van der Waals surface area contributed by atoms with Crippen molar-refractivity contribution in [3.05, 3.63) is 94.5 Å². The van der Waals surface area contributed by atoms with Gasteiger partial charge in [-0.15, -0.1) is 0 Å². The molecule has 1 atom stereocenters. The van der Waals surface area contributed by atoms with Crippen molar-refractivity contribution in [1.82, 2.24) is 10.2 Å². The van der Waals surface area contributed by atoms with Gasteiger partial charge in [-0.2, -0.15) is 0 Å². The number of hydrogen-bond acceptors (Lipinski definition) is 3. The highest BCUT2D eigenvalue weighted by Crippen LogP contribution is 2.27. The van der Waals surface area contributed by atoms with Crippen molar-refractivity contribution in [1.29, 1.82) is 0 Å². The van der Waals surface area contributed by atoms with Crippen molar-refractivity contribution in [3.8, 4) is 11.1 Å². The molecule has 1 aliphatic heterocycles. The molecule has 0 saturated carbocycles. The summed E-state index contributed by atoms with van der Waals surface area (Å²) >= 11 is 0. The third-order valence-corrected chi connectivity index (χ3v) is 5.74. The Hall–Kier alpha value is -3.24. The summed E-state index contributed by atoms with van der Waals surface area (Å²) in [5, 5.41) is 3.24. The van der Waals surface area contributed by atoms with E-state index in [0.29, 0.717) is 5.56 Å². The van der Waals surface area contributed by atoms with Gasteiger partial charge in [-0.3, -0.25) is 9.79 Å². The van der Waals surface area contributed by atoms with Crippen molar-refractivity contribution in [2.75, 3.05) is 20.6 Å². The highest BCUT2D eigenvalue weighted by molar-refractivity contribution is 6.03. The Morgan fingerprint density at radius 2 is 1.77 bits per heavy atom. The lowest BCUT2D eigenvalue weighted by atomic mass is 9.97. The van der Waals surface area contributed by atoms with Crippen LogP contribution in [0.15, 0.2) is 71.7 Å². The molecular formula is C27H29N3O. The molecule has 0 radical (unpaired) electrons. The van der Waals surface area contributed by atoms with Crippen molar-refractivity contribution in [3.63, 3.8) is 0 Å². The fraction of sp³-hybridized carbons (Fsp3) is 0.259. The first-order chi connectivity index (χ1) is 14.9. The summed E-state index contributed by atoms with van der Waals surface area (Å²) in [6.45, 7) is 5.62. The molecule has 3 aromatic carbocycles. The van der Waals surface area contributed by atoms with Gasteiger partial charge in [0, 0.05) is 23.4 Å². The average molecular weight is 412 g/mol. The fourth-order valence-electron chi connectivity index (χ4n) is 4.09. The van der Waals surface area contributed by atoms with E-state index in [1.165, 1.54) is 16.7 Å². The number of hydrogen-bond donors (Lipinski definition) is 1. The van der Waals surface area contributed by atoms with Gasteiger partial charge in [0.15, 0.2) is 0 Å². The molecule has 3 aromatic rings. The van der Waals surface area contributed by atoms with Gasteiger partial charge in [-0.1, -0.05) is 54.1 Å². The number of likely N-dealkylation sites (N-methyl/N-ethyl adjacent to an activating group) is 1. The van der Waals surface area contributed by atoms with Crippen molar-refractivity contribution in [2.45, 2.75) is 26.4 Å². The average Bonchev–Trinajstić information content (AvgIpc) is 3.13. The highest BCUT2D eigenvalue weighted by atomic mass is 16.1. The summed E-state index contributed by atoms with van der Waals surface area (Å²) in [6.07, 6.45) is 0. The maximum absolute atomic E-state index is 13.2. The van der Waals surface area contributed by atoms with Crippen LogP contribution in [-0.4, -0.2) is 37.2 Å². The van der Waals surface area contributed by atoms with Crippen molar-refractivity contribution in [2.24, 2.45) is 4.99 Å². The SMILES string of the molecule is CC1=NCc2ccc(-c3cccc(C(=O)N[C@H](CN(C)C)c4cccc(C)c4)c3)cc21. The van der Waals surface area contributed by atoms with E-state index in [0.717, 1.165) is 35.5 Å². The van der Waals surface area contributed by atoms with E-state index in [1.54, 1.807) is 0 Å². The molecule has 0 fully saturated rings. The monoisotopic (exact) mass is 411 g/mol. The maximum Gasteiger partial charge on any atom is 0.251 e. The minimum absolute atomic E-state index is 0.0610. The Balaban J connectivity index is 1.59. The highest BCUT2D eigenvalue weighted by Gasteiger charge is 2.18. The number of nitrogens with one attached hydrogen (secondary N) is 1. The predicted octanol–water partition coefficient (Wildman–Crippen LogP) is 5.02. The number of rotatable bonds is 6. The Morgan fingerprint density at radius 1 is 1.00 bits per heavy atom. The molecule has 0 saturated heterocycles. The van der Waals surface area contributed by atoms with Crippen LogP contribution in [0.1, 0.15) is 45.6 Å². The summed E-state index contributed by atoms with van der Waals surface area (Å²) in [5.74, 6) is -0.0610. The Labute approximate surface area is 184 Å². The number of aliphatic imine (C=N–C) groups is 1. The van der Waals surface area contributed by atoms with E-state index in [4.69, 9.17) is 0 Å². The lowest BCUT2D eigenvalue weighted by Gasteiger charge is -2.23. The first-order valence-corrected chi connectivity index (χ1v) is 10.7. The smallest absolute Gasteiger partial charge is 0.251 e. The summed E-state index contributed by atoms with van der Waals surface area (Å²) in [4.78, 5) is 19.8. The topological polar surface area (TPSA) is 44.7 Å². The lowest BCUT2D eigenvalue weighted by Crippen LogP contribution is -2.35. The molecule has 4 rings (SSSR count). The molecule has 0 bridgehead atoms. The van der Waals surface area contributed by atoms with E-state index in [9.17, 15) is 4.79 Å². The number of fused-ring (bicyclic) bond motifs is 1. The summed E-state index contributed by atoms with van der Waals surface area (Å²) in [6, 6.07) is 22.5. The molecule has 1 aliphatic rings. The second-order valence-electron chi connectivity index (χ2n) is 8.56. The summed E-state index contributed by atoms with van der Waals surface area (Å²) in [5.41, 5.74) is 8.66. The molecule has 4 heteroatoms. The number of aryl methyl sites for hydroxylation is 1. The molecular weight excluding hydrogens is 382 g/mol. The minimum atomic E-state index is -0.0788.